The molecular weight excluding hydrogens is 236 g/mol. The van der Waals surface area contributed by atoms with E-state index in [2.05, 4.69) is 6.07 Å². The largest absolute Gasteiger partial charge is 0.314 e. The van der Waals surface area contributed by atoms with Gasteiger partial charge >= 0.3 is 0 Å². The van der Waals surface area contributed by atoms with Gasteiger partial charge < -0.3 is 5.21 Å². The monoisotopic (exact) mass is 248 g/mol. The molecule has 1 aliphatic rings. The number of piperidine rings is 1. The Bertz CT molecular complexity index is 463. The van der Waals surface area contributed by atoms with E-state index < -0.39 is 0 Å². The summed E-state index contributed by atoms with van der Waals surface area (Å²) in [7, 11) is 0. The molecule has 3 nitrogen and oxygen atoms in total. The van der Waals surface area contributed by atoms with Crippen LogP contribution in [0, 0.1) is 11.3 Å². The number of nitriles is 1. The molecule has 1 N–H and O–H groups in total. The Kier molecular flexibility index (Phi) is 3.80. The van der Waals surface area contributed by atoms with Crippen molar-refractivity contribution in [2.75, 3.05) is 13.1 Å². The standard InChI is InChI=1S/C13H13ClN2O/c14-12-3-1-10(2-4-12)13(9-15)11-5-7-16(17)8-6-11/h1-4,17H,5-8H2. The number of hydroxylamine groups is 2. The molecule has 0 spiro atoms. The molecule has 0 amide bonds. The van der Waals surface area contributed by atoms with Gasteiger partial charge in [-0.1, -0.05) is 23.7 Å². The Morgan fingerprint density at radius 1 is 1.24 bits per heavy atom. The third kappa shape index (κ3) is 2.86. The zero-order chi connectivity index (χ0) is 12.3. The number of nitrogens with zero attached hydrogens (tertiary/aromatic N) is 2. The zero-order valence-corrected chi connectivity index (χ0v) is 10.1. The van der Waals surface area contributed by atoms with E-state index in [-0.39, 0.29) is 0 Å². The lowest BCUT2D eigenvalue weighted by atomic mass is 9.94. The summed E-state index contributed by atoms with van der Waals surface area (Å²) in [6.45, 7) is 1.18. The van der Waals surface area contributed by atoms with Gasteiger partial charge in [0.1, 0.15) is 0 Å². The average molecular weight is 249 g/mol. The first kappa shape index (κ1) is 12.1. The van der Waals surface area contributed by atoms with Crippen LogP contribution in [0.15, 0.2) is 29.8 Å². The van der Waals surface area contributed by atoms with Gasteiger partial charge in [-0.05, 0) is 36.1 Å². The minimum Gasteiger partial charge on any atom is -0.314 e. The van der Waals surface area contributed by atoms with Crippen LogP contribution in [-0.2, 0) is 0 Å². The van der Waals surface area contributed by atoms with Crippen LogP contribution in [0.1, 0.15) is 18.4 Å². The van der Waals surface area contributed by atoms with Crippen LogP contribution in [0.2, 0.25) is 5.02 Å². The minimum absolute atomic E-state index is 0.591. The SMILES string of the molecule is N#CC(=C1CCN(O)CC1)c1ccc(Cl)cc1. The van der Waals surface area contributed by atoms with Crippen LogP contribution in [0.25, 0.3) is 5.57 Å². The van der Waals surface area contributed by atoms with Crippen LogP contribution in [0.4, 0.5) is 0 Å². The molecule has 2 rings (SSSR count). The summed E-state index contributed by atoms with van der Waals surface area (Å²) in [5, 5.41) is 20.5. The Hall–Kier alpha value is -1.34. The van der Waals surface area contributed by atoms with E-state index in [0.29, 0.717) is 18.1 Å². The van der Waals surface area contributed by atoms with Crippen molar-refractivity contribution in [3.8, 4) is 6.07 Å². The molecule has 88 valence electrons. The van der Waals surface area contributed by atoms with E-state index in [0.717, 1.165) is 29.6 Å². The van der Waals surface area contributed by atoms with E-state index in [1.807, 2.05) is 12.1 Å². The number of hydrogen-bond donors (Lipinski definition) is 1. The fourth-order valence-corrected chi connectivity index (χ4v) is 2.11. The van der Waals surface area contributed by atoms with Gasteiger partial charge in [0.15, 0.2) is 0 Å². The maximum absolute atomic E-state index is 9.30. The van der Waals surface area contributed by atoms with E-state index >= 15 is 0 Å². The summed E-state index contributed by atoms with van der Waals surface area (Å²) in [4.78, 5) is 0. The Morgan fingerprint density at radius 2 is 1.82 bits per heavy atom. The molecule has 1 heterocycles. The predicted octanol–water partition coefficient (Wildman–Crippen LogP) is 3.10. The second-order valence-electron chi connectivity index (χ2n) is 4.05. The first-order valence-corrected chi connectivity index (χ1v) is 5.90. The average Bonchev–Trinajstić information content (AvgIpc) is 2.35. The van der Waals surface area contributed by atoms with Crippen molar-refractivity contribution in [2.45, 2.75) is 12.8 Å². The van der Waals surface area contributed by atoms with Gasteiger partial charge in [0.25, 0.3) is 0 Å². The lowest BCUT2D eigenvalue weighted by Crippen LogP contribution is -2.27. The highest BCUT2D eigenvalue weighted by atomic mass is 35.5. The smallest absolute Gasteiger partial charge is 0.0997 e. The molecule has 1 saturated heterocycles. The van der Waals surface area contributed by atoms with Crippen molar-refractivity contribution in [2.24, 2.45) is 0 Å². The van der Waals surface area contributed by atoms with Gasteiger partial charge in [-0.25, -0.2) is 0 Å². The van der Waals surface area contributed by atoms with Crippen molar-refractivity contribution in [1.29, 1.82) is 5.26 Å². The van der Waals surface area contributed by atoms with Crippen LogP contribution in [0.5, 0.6) is 0 Å². The third-order valence-corrected chi connectivity index (χ3v) is 3.19. The van der Waals surface area contributed by atoms with Gasteiger partial charge in [0, 0.05) is 18.1 Å². The molecule has 4 heteroatoms. The topological polar surface area (TPSA) is 47.3 Å². The first-order chi connectivity index (χ1) is 8.20. The quantitative estimate of drug-likeness (QED) is 0.777. The van der Waals surface area contributed by atoms with Crippen LogP contribution in [-0.4, -0.2) is 23.4 Å². The summed E-state index contributed by atoms with van der Waals surface area (Å²) in [6.07, 6.45) is 1.48. The number of allylic oxidation sites excluding steroid dienone is 1. The van der Waals surface area contributed by atoms with Gasteiger partial charge in [-0.3, -0.25) is 0 Å². The van der Waals surface area contributed by atoms with E-state index in [1.54, 1.807) is 12.1 Å². The van der Waals surface area contributed by atoms with Gasteiger partial charge in [0.05, 0.1) is 11.6 Å². The number of halogens is 1. The lowest BCUT2D eigenvalue weighted by Gasteiger charge is -2.23. The molecular formula is C13H13ClN2O. The highest BCUT2D eigenvalue weighted by Gasteiger charge is 2.16. The third-order valence-electron chi connectivity index (χ3n) is 2.94. The van der Waals surface area contributed by atoms with Crippen molar-refractivity contribution in [3.63, 3.8) is 0 Å². The molecule has 17 heavy (non-hydrogen) atoms. The Morgan fingerprint density at radius 3 is 2.35 bits per heavy atom. The molecule has 0 atom stereocenters. The number of benzene rings is 1. The van der Waals surface area contributed by atoms with Crippen LogP contribution >= 0.6 is 11.6 Å². The molecule has 0 aliphatic carbocycles. The fourth-order valence-electron chi connectivity index (χ4n) is 1.98. The molecule has 1 aromatic rings. The van der Waals surface area contributed by atoms with E-state index in [9.17, 15) is 10.5 Å². The minimum atomic E-state index is 0.591. The predicted molar refractivity (Wildman–Crippen MR) is 66.6 cm³/mol. The Labute approximate surface area is 105 Å². The van der Waals surface area contributed by atoms with Crippen LogP contribution < -0.4 is 0 Å². The highest BCUT2D eigenvalue weighted by molar-refractivity contribution is 6.30. The van der Waals surface area contributed by atoms with Crippen LogP contribution in [0.3, 0.4) is 0 Å². The molecule has 0 bridgehead atoms. The maximum atomic E-state index is 9.30. The number of hydrogen-bond acceptors (Lipinski definition) is 3. The summed E-state index contributed by atoms with van der Waals surface area (Å²) < 4.78 is 0. The molecule has 1 aliphatic heterocycles. The molecule has 0 unspecified atom stereocenters. The lowest BCUT2D eigenvalue weighted by molar-refractivity contribution is -0.0958. The summed E-state index contributed by atoms with van der Waals surface area (Å²) in [6, 6.07) is 9.55. The van der Waals surface area contributed by atoms with E-state index in [1.165, 1.54) is 5.06 Å². The molecule has 1 aromatic carbocycles. The first-order valence-electron chi connectivity index (χ1n) is 5.52. The second kappa shape index (κ2) is 5.33. The van der Waals surface area contributed by atoms with Gasteiger partial charge in [-0.2, -0.15) is 10.3 Å². The van der Waals surface area contributed by atoms with Crippen molar-refractivity contribution in [1.82, 2.24) is 5.06 Å². The van der Waals surface area contributed by atoms with E-state index in [4.69, 9.17) is 11.6 Å². The number of rotatable bonds is 1. The molecule has 0 radical (unpaired) electrons. The van der Waals surface area contributed by atoms with Gasteiger partial charge in [0.2, 0.25) is 0 Å². The molecule has 0 saturated carbocycles. The summed E-state index contributed by atoms with van der Waals surface area (Å²) in [5.41, 5.74) is 2.73. The second-order valence-corrected chi connectivity index (χ2v) is 4.49. The zero-order valence-electron chi connectivity index (χ0n) is 9.36. The molecule has 1 fully saturated rings. The fraction of sp³-hybridized carbons (Fsp3) is 0.308. The van der Waals surface area contributed by atoms with Gasteiger partial charge in [-0.15, -0.1) is 0 Å². The summed E-state index contributed by atoms with van der Waals surface area (Å²) >= 11 is 5.83. The molecule has 0 aromatic heterocycles. The van der Waals surface area contributed by atoms with Crippen molar-refractivity contribution >= 4 is 17.2 Å². The highest BCUT2D eigenvalue weighted by Crippen LogP contribution is 2.26. The normalized spacial score (nSPS) is 16.6. The maximum Gasteiger partial charge on any atom is 0.0997 e. The Balaban J connectivity index is 2.30. The summed E-state index contributed by atoms with van der Waals surface area (Å²) in [5.74, 6) is 0. The van der Waals surface area contributed by atoms with Crippen molar-refractivity contribution in [3.05, 3.63) is 40.4 Å². The van der Waals surface area contributed by atoms with Crippen molar-refractivity contribution < 1.29 is 5.21 Å².